The van der Waals surface area contributed by atoms with Gasteiger partial charge in [0.1, 0.15) is 0 Å². The number of nitrogens with zero attached hydrogens (tertiary/aromatic N) is 2. The van der Waals surface area contributed by atoms with Crippen LogP contribution in [0.2, 0.25) is 0 Å². The van der Waals surface area contributed by atoms with Gasteiger partial charge in [-0.2, -0.15) is 11.3 Å². The van der Waals surface area contributed by atoms with Crippen molar-refractivity contribution in [1.82, 2.24) is 15.5 Å². The lowest BCUT2D eigenvalue weighted by atomic mass is 10.1. The van der Waals surface area contributed by atoms with Crippen molar-refractivity contribution in [3.63, 3.8) is 0 Å². The summed E-state index contributed by atoms with van der Waals surface area (Å²) in [5.74, 6) is 1.39. The van der Waals surface area contributed by atoms with Crippen molar-refractivity contribution >= 4 is 17.3 Å². The van der Waals surface area contributed by atoms with Crippen molar-refractivity contribution in [3.05, 3.63) is 22.4 Å². The molecule has 4 nitrogen and oxygen atoms in total. The zero-order valence-electron chi connectivity index (χ0n) is 13.9. The van der Waals surface area contributed by atoms with Gasteiger partial charge in [-0.1, -0.05) is 20.8 Å². The van der Waals surface area contributed by atoms with Gasteiger partial charge in [-0.15, -0.1) is 0 Å². The molecular weight excluding hydrogens is 280 g/mol. The molecule has 1 aromatic rings. The van der Waals surface area contributed by atoms with Crippen molar-refractivity contribution in [2.45, 2.75) is 33.6 Å². The summed E-state index contributed by atoms with van der Waals surface area (Å²) in [6.45, 7) is 14.6. The highest BCUT2D eigenvalue weighted by Gasteiger charge is 2.06. The summed E-state index contributed by atoms with van der Waals surface area (Å²) in [6.07, 6.45) is 0. The molecule has 0 bridgehead atoms. The average Bonchev–Trinajstić information content (AvgIpc) is 3.03. The van der Waals surface area contributed by atoms with Gasteiger partial charge in [0.15, 0.2) is 5.96 Å². The second-order valence-electron chi connectivity index (χ2n) is 5.13. The molecule has 0 aliphatic carbocycles. The average molecular weight is 311 g/mol. The Labute approximate surface area is 133 Å². The van der Waals surface area contributed by atoms with E-state index in [1.165, 1.54) is 5.56 Å². The van der Waals surface area contributed by atoms with E-state index in [1.807, 2.05) is 0 Å². The molecule has 2 N–H and O–H groups in total. The van der Waals surface area contributed by atoms with Gasteiger partial charge in [0.25, 0.3) is 0 Å². The molecule has 1 atom stereocenters. The van der Waals surface area contributed by atoms with E-state index in [1.54, 1.807) is 11.3 Å². The van der Waals surface area contributed by atoms with Crippen LogP contribution in [-0.2, 0) is 0 Å². The smallest absolute Gasteiger partial charge is 0.191 e. The monoisotopic (exact) mass is 310 g/mol. The normalized spacial score (nSPS) is 13.5. The summed E-state index contributed by atoms with van der Waals surface area (Å²) >= 11 is 1.75. The first-order valence-electron chi connectivity index (χ1n) is 7.97. The lowest BCUT2D eigenvalue weighted by Crippen LogP contribution is -2.41. The summed E-state index contributed by atoms with van der Waals surface area (Å²) < 4.78 is 0. The number of aliphatic imine (C=N–C) groups is 1. The maximum Gasteiger partial charge on any atom is 0.191 e. The Morgan fingerprint density at radius 2 is 2.05 bits per heavy atom. The van der Waals surface area contributed by atoms with E-state index in [4.69, 9.17) is 4.99 Å². The van der Waals surface area contributed by atoms with E-state index < -0.39 is 0 Å². The second-order valence-corrected chi connectivity index (χ2v) is 5.91. The zero-order valence-corrected chi connectivity index (χ0v) is 14.7. The topological polar surface area (TPSA) is 39.7 Å². The molecule has 1 heterocycles. The molecule has 1 rings (SSSR count). The summed E-state index contributed by atoms with van der Waals surface area (Å²) in [5.41, 5.74) is 1.38. The van der Waals surface area contributed by atoms with E-state index in [0.29, 0.717) is 5.92 Å². The molecular formula is C16H30N4S. The molecule has 0 aliphatic rings. The molecule has 5 heteroatoms. The highest BCUT2D eigenvalue weighted by Crippen LogP contribution is 2.18. The first-order valence-corrected chi connectivity index (χ1v) is 8.92. The number of guanidine groups is 1. The predicted molar refractivity (Wildman–Crippen MR) is 94.5 cm³/mol. The number of nitrogens with one attached hydrogen (secondary N) is 2. The largest absolute Gasteiger partial charge is 0.357 e. The number of hydrogen-bond acceptors (Lipinski definition) is 3. The molecule has 1 unspecified atom stereocenters. The minimum atomic E-state index is 0.467. The van der Waals surface area contributed by atoms with E-state index in [2.05, 4.69) is 60.1 Å². The standard InChI is InChI=1S/C16H30N4S/c1-5-17-16(18-9-10-20(6-2)7-3)19-12-14(4)15-8-11-21-13-15/h8,11,13-14H,5-7,9-10,12H2,1-4H3,(H2,17,18,19). The van der Waals surface area contributed by atoms with Crippen LogP contribution in [-0.4, -0.2) is 50.1 Å². The van der Waals surface area contributed by atoms with Crippen molar-refractivity contribution < 1.29 is 0 Å². The Kier molecular flexibility index (Phi) is 9.10. The van der Waals surface area contributed by atoms with E-state index >= 15 is 0 Å². The van der Waals surface area contributed by atoms with E-state index in [0.717, 1.165) is 45.2 Å². The fraction of sp³-hybridized carbons (Fsp3) is 0.688. The van der Waals surface area contributed by atoms with Gasteiger partial charge < -0.3 is 15.5 Å². The van der Waals surface area contributed by atoms with Gasteiger partial charge in [0.2, 0.25) is 0 Å². The fourth-order valence-electron chi connectivity index (χ4n) is 2.10. The number of hydrogen-bond donors (Lipinski definition) is 2. The predicted octanol–water partition coefficient (Wildman–Crippen LogP) is 2.75. The zero-order chi connectivity index (χ0) is 15.5. The third kappa shape index (κ3) is 6.96. The van der Waals surface area contributed by atoms with Gasteiger partial charge in [-0.25, -0.2) is 0 Å². The van der Waals surface area contributed by atoms with Gasteiger partial charge in [0, 0.05) is 32.1 Å². The van der Waals surface area contributed by atoms with Crippen LogP contribution in [0.25, 0.3) is 0 Å². The lowest BCUT2D eigenvalue weighted by Gasteiger charge is -2.19. The number of likely N-dealkylation sites (N-methyl/N-ethyl adjacent to an activating group) is 1. The number of thiophene rings is 1. The molecule has 1 aromatic heterocycles. The van der Waals surface area contributed by atoms with Crippen LogP contribution in [0.4, 0.5) is 0 Å². The Morgan fingerprint density at radius 3 is 2.62 bits per heavy atom. The minimum Gasteiger partial charge on any atom is -0.357 e. The van der Waals surface area contributed by atoms with Crippen LogP contribution in [0.5, 0.6) is 0 Å². The fourth-order valence-corrected chi connectivity index (χ4v) is 2.89. The first kappa shape index (κ1) is 18.0. The van der Waals surface area contributed by atoms with Crippen LogP contribution in [0.15, 0.2) is 21.8 Å². The SMILES string of the molecule is CCNC(=NCC(C)c1ccsc1)NCCN(CC)CC. The van der Waals surface area contributed by atoms with Gasteiger partial charge in [0.05, 0.1) is 0 Å². The summed E-state index contributed by atoms with van der Waals surface area (Å²) in [5, 5.41) is 11.1. The first-order chi connectivity index (χ1) is 10.2. The van der Waals surface area contributed by atoms with Gasteiger partial charge in [-0.05, 0) is 42.4 Å². The molecule has 0 spiro atoms. The van der Waals surface area contributed by atoms with Crippen molar-refractivity contribution in [2.75, 3.05) is 39.3 Å². The molecule has 120 valence electrons. The maximum atomic E-state index is 4.70. The third-order valence-electron chi connectivity index (χ3n) is 3.59. The molecule has 0 saturated carbocycles. The Bertz CT molecular complexity index is 385. The number of rotatable bonds is 9. The van der Waals surface area contributed by atoms with Crippen LogP contribution in [0.1, 0.15) is 39.2 Å². The Hall–Kier alpha value is -1.07. The van der Waals surface area contributed by atoms with Gasteiger partial charge in [-0.3, -0.25) is 4.99 Å². The molecule has 0 fully saturated rings. The molecule has 0 amide bonds. The summed E-state index contributed by atoms with van der Waals surface area (Å²) in [6, 6.07) is 2.19. The molecule has 0 aromatic carbocycles. The quantitative estimate of drug-likeness (QED) is 0.544. The van der Waals surface area contributed by atoms with Crippen LogP contribution in [0.3, 0.4) is 0 Å². The Balaban J connectivity index is 2.42. The minimum absolute atomic E-state index is 0.467. The van der Waals surface area contributed by atoms with Crippen LogP contribution < -0.4 is 10.6 Å². The second kappa shape index (κ2) is 10.6. The Morgan fingerprint density at radius 1 is 1.29 bits per heavy atom. The van der Waals surface area contributed by atoms with Crippen molar-refractivity contribution in [1.29, 1.82) is 0 Å². The van der Waals surface area contributed by atoms with E-state index in [9.17, 15) is 0 Å². The molecule has 0 aliphatic heterocycles. The molecule has 21 heavy (non-hydrogen) atoms. The summed E-state index contributed by atoms with van der Waals surface area (Å²) in [7, 11) is 0. The third-order valence-corrected chi connectivity index (χ3v) is 4.30. The molecule has 0 saturated heterocycles. The van der Waals surface area contributed by atoms with Crippen LogP contribution in [0, 0.1) is 0 Å². The van der Waals surface area contributed by atoms with Crippen LogP contribution >= 0.6 is 11.3 Å². The lowest BCUT2D eigenvalue weighted by molar-refractivity contribution is 0.308. The summed E-state index contributed by atoms with van der Waals surface area (Å²) in [4.78, 5) is 7.11. The highest BCUT2D eigenvalue weighted by molar-refractivity contribution is 7.07. The van der Waals surface area contributed by atoms with Crippen molar-refractivity contribution in [2.24, 2.45) is 4.99 Å². The highest BCUT2D eigenvalue weighted by atomic mass is 32.1. The maximum absolute atomic E-state index is 4.70. The molecule has 0 radical (unpaired) electrons. The van der Waals surface area contributed by atoms with Gasteiger partial charge >= 0.3 is 0 Å². The van der Waals surface area contributed by atoms with E-state index in [-0.39, 0.29) is 0 Å². The van der Waals surface area contributed by atoms with Crippen molar-refractivity contribution in [3.8, 4) is 0 Å².